The Labute approximate surface area is 383 Å². The van der Waals surface area contributed by atoms with E-state index in [9.17, 15) is 0 Å². The van der Waals surface area contributed by atoms with Crippen molar-refractivity contribution in [2.45, 2.75) is 0 Å². The number of furan rings is 2. The summed E-state index contributed by atoms with van der Waals surface area (Å²) in [4.78, 5) is 16.0. The van der Waals surface area contributed by atoms with Crippen molar-refractivity contribution in [3.63, 3.8) is 0 Å². The zero-order valence-electron chi connectivity index (χ0n) is 35.9. The van der Waals surface area contributed by atoms with Crippen LogP contribution in [0.15, 0.2) is 227 Å². The summed E-state index contributed by atoms with van der Waals surface area (Å²) in [5.74, 6) is 1.64. The fourth-order valence-electron chi connectivity index (χ4n) is 10.2. The molecule has 0 radical (unpaired) electrons. The molecule has 10 aromatic carbocycles. The van der Waals surface area contributed by atoms with Gasteiger partial charge in [-0.05, 0) is 81.6 Å². The molecule has 0 bridgehead atoms. The van der Waals surface area contributed by atoms with Gasteiger partial charge in [0, 0.05) is 54.6 Å². The maximum absolute atomic E-state index is 6.66. The van der Waals surface area contributed by atoms with Crippen molar-refractivity contribution in [2.75, 3.05) is 0 Å². The van der Waals surface area contributed by atoms with Crippen molar-refractivity contribution < 1.29 is 8.83 Å². The molecule has 14 aromatic rings. The van der Waals surface area contributed by atoms with Gasteiger partial charge in [0.25, 0.3) is 0 Å². The summed E-state index contributed by atoms with van der Waals surface area (Å²) in [5, 5.41) is 8.86. The molecule has 6 nitrogen and oxygen atoms in total. The quantitative estimate of drug-likeness (QED) is 0.167. The molecule has 4 aromatic heterocycles. The second-order valence-electron chi connectivity index (χ2n) is 17.1. The first-order valence-electron chi connectivity index (χ1n) is 22.5. The van der Waals surface area contributed by atoms with E-state index < -0.39 is 0 Å². The SMILES string of the molecule is c1ccc(-c2cc(-c3cccc4c3oc3ccccc34)cc(-c3cccc4c5c6ccccc6ccc5n(-c5nc(-c6ccccc6)nc(-c6ccc7c(c6)oc6ccccc67)n5)c34)c2)cc1. The molecule has 0 saturated carbocycles. The normalized spacial score (nSPS) is 11.9. The van der Waals surface area contributed by atoms with Crippen LogP contribution in [0.3, 0.4) is 0 Å². The van der Waals surface area contributed by atoms with Gasteiger partial charge >= 0.3 is 0 Å². The molecule has 14 rings (SSSR count). The highest BCUT2D eigenvalue weighted by molar-refractivity contribution is 6.23. The number of hydrogen-bond donors (Lipinski definition) is 0. The topological polar surface area (TPSA) is 69.9 Å². The van der Waals surface area contributed by atoms with Gasteiger partial charge in [0.05, 0.1) is 11.0 Å². The molecule has 0 unspecified atom stereocenters. The van der Waals surface area contributed by atoms with Crippen LogP contribution in [0.2, 0.25) is 0 Å². The maximum Gasteiger partial charge on any atom is 0.238 e. The first-order valence-corrected chi connectivity index (χ1v) is 22.5. The maximum atomic E-state index is 6.66. The minimum Gasteiger partial charge on any atom is -0.456 e. The Balaban J connectivity index is 1.07. The van der Waals surface area contributed by atoms with E-state index in [1.165, 1.54) is 0 Å². The Kier molecular flexibility index (Phi) is 8.18. The van der Waals surface area contributed by atoms with Gasteiger partial charge in [-0.25, -0.2) is 4.98 Å². The molecule has 312 valence electrons. The third-order valence-corrected chi connectivity index (χ3v) is 13.2. The summed E-state index contributed by atoms with van der Waals surface area (Å²) in [6, 6.07) is 76.4. The molecule has 4 heterocycles. The third kappa shape index (κ3) is 5.93. The number of para-hydroxylation sites is 4. The molecule has 0 N–H and O–H groups in total. The molecule has 6 heteroatoms. The molecular weight excluding hydrogens is 821 g/mol. The van der Waals surface area contributed by atoms with Gasteiger partial charge in [0.2, 0.25) is 5.95 Å². The predicted molar refractivity (Wildman–Crippen MR) is 273 cm³/mol. The molecule has 0 aliphatic heterocycles. The summed E-state index contributed by atoms with van der Waals surface area (Å²) < 4.78 is 15.3. The van der Waals surface area contributed by atoms with E-state index in [4.69, 9.17) is 23.8 Å². The summed E-state index contributed by atoms with van der Waals surface area (Å²) in [5.41, 5.74) is 13.5. The van der Waals surface area contributed by atoms with Gasteiger partial charge in [-0.1, -0.05) is 170 Å². The minimum absolute atomic E-state index is 0.516. The first kappa shape index (κ1) is 37.3. The van der Waals surface area contributed by atoms with Crippen molar-refractivity contribution in [3.8, 4) is 62.1 Å². The van der Waals surface area contributed by atoms with Crippen LogP contribution in [-0.4, -0.2) is 19.5 Å². The van der Waals surface area contributed by atoms with Gasteiger partial charge in [0.15, 0.2) is 11.6 Å². The number of nitrogens with zero attached hydrogens (tertiary/aromatic N) is 4. The first-order chi connectivity index (χ1) is 33.2. The molecule has 0 fully saturated rings. The minimum atomic E-state index is 0.516. The van der Waals surface area contributed by atoms with Crippen molar-refractivity contribution in [1.29, 1.82) is 0 Å². The van der Waals surface area contributed by atoms with E-state index >= 15 is 0 Å². The van der Waals surface area contributed by atoms with E-state index in [0.717, 1.165) is 121 Å². The summed E-state index contributed by atoms with van der Waals surface area (Å²) in [7, 11) is 0. The predicted octanol–water partition coefficient (Wildman–Crippen LogP) is 16.3. The highest BCUT2D eigenvalue weighted by Gasteiger charge is 2.23. The summed E-state index contributed by atoms with van der Waals surface area (Å²) in [6.07, 6.45) is 0. The van der Waals surface area contributed by atoms with Crippen LogP contribution in [0, 0.1) is 0 Å². The number of benzene rings is 10. The molecule has 0 spiro atoms. The van der Waals surface area contributed by atoms with E-state index in [-0.39, 0.29) is 0 Å². The van der Waals surface area contributed by atoms with Gasteiger partial charge in [-0.2, -0.15) is 9.97 Å². The zero-order chi connectivity index (χ0) is 44.0. The largest absolute Gasteiger partial charge is 0.456 e. The van der Waals surface area contributed by atoms with Gasteiger partial charge in [0.1, 0.15) is 22.3 Å². The van der Waals surface area contributed by atoms with Crippen LogP contribution in [0.1, 0.15) is 0 Å². The lowest BCUT2D eigenvalue weighted by atomic mass is 9.92. The Bertz CT molecular complexity index is 4280. The van der Waals surface area contributed by atoms with Crippen LogP contribution in [-0.2, 0) is 0 Å². The average molecular weight is 857 g/mol. The van der Waals surface area contributed by atoms with Crippen molar-refractivity contribution >= 4 is 76.5 Å². The third-order valence-electron chi connectivity index (χ3n) is 13.2. The fourth-order valence-corrected chi connectivity index (χ4v) is 10.2. The summed E-state index contributed by atoms with van der Waals surface area (Å²) in [6.45, 7) is 0. The van der Waals surface area contributed by atoms with E-state index in [1.54, 1.807) is 0 Å². The van der Waals surface area contributed by atoms with Crippen LogP contribution in [0.25, 0.3) is 139 Å². The van der Waals surface area contributed by atoms with E-state index in [1.807, 2.05) is 54.6 Å². The molecular formula is C61H36N4O2. The van der Waals surface area contributed by atoms with Crippen LogP contribution < -0.4 is 0 Å². The highest BCUT2D eigenvalue weighted by atomic mass is 16.3. The average Bonchev–Trinajstić information content (AvgIpc) is 4.08. The lowest BCUT2D eigenvalue weighted by Crippen LogP contribution is -2.07. The van der Waals surface area contributed by atoms with Crippen molar-refractivity contribution in [2.24, 2.45) is 0 Å². The second kappa shape index (κ2) is 14.7. The van der Waals surface area contributed by atoms with Crippen molar-refractivity contribution in [3.05, 3.63) is 218 Å². The lowest BCUT2D eigenvalue weighted by molar-refractivity contribution is 0.669. The molecule has 0 aliphatic carbocycles. The standard InChI is InChI=1S/C61H36N4O2/c1-3-15-37(16-4-1)41-33-42(35-43(34-41)46-24-14-25-50-48-22-10-12-28-54(48)67-58(46)50)45-23-13-26-51-56-44-20-8-7-17-38(44)30-32-52(56)65(57(45)51)61-63-59(39-18-5-2-6-19-39)62-60(64-61)40-29-31-49-47-21-9-11-27-53(47)66-55(49)36-40/h1-36H. The molecule has 0 saturated heterocycles. The van der Waals surface area contributed by atoms with Gasteiger partial charge < -0.3 is 8.83 Å². The Morgan fingerprint density at radius 3 is 1.70 bits per heavy atom. The smallest absolute Gasteiger partial charge is 0.238 e. The highest BCUT2D eigenvalue weighted by Crippen LogP contribution is 2.44. The van der Waals surface area contributed by atoms with Crippen molar-refractivity contribution in [1.82, 2.24) is 19.5 Å². The second-order valence-corrected chi connectivity index (χ2v) is 17.1. The molecule has 0 atom stereocenters. The van der Waals surface area contributed by atoms with Gasteiger partial charge in [-0.15, -0.1) is 0 Å². The fraction of sp³-hybridized carbons (Fsp3) is 0. The number of hydrogen-bond acceptors (Lipinski definition) is 5. The number of fused-ring (bicyclic) bond motifs is 11. The van der Waals surface area contributed by atoms with Gasteiger partial charge in [-0.3, -0.25) is 4.57 Å². The van der Waals surface area contributed by atoms with Crippen LogP contribution >= 0.6 is 0 Å². The van der Waals surface area contributed by atoms with Crippen LogP contribution in [0.4, 0.5) is 0 Å². The number of aromatic nitrogens is 4. The molecule has 0 amide bonds. The molecule has 67 heavy (non-hydrogen) atoms. The molecule has 0 aliphatic rings. The summed E-state index contributed by atoms with van der Waals surface area (Å²) >= 11 is 0. The van der Waals surface area contributed by atoms with E-state index in [0.29, 0.717) is 17.6 Å². The van der Waals surface area contributed by atoms with Crippen LogP contribution in [0.5, 0.6) is 0 Å². The Hall–Kier alpha value is -9.13. The van der Waals surface area contributed by atoms with E-state index in [2.05, 4.69) is 168 Å². The Morgan fingerprint density at radius 2 is 0.910 bits per heavy atom. The monoisotopic (exact) mass is 856 g/mol. The lowest BCUT2D eigenvalue weighted by Gasteiger charge is -2.15. The number of rotatable bonds is 6. The zero-order valence-corrected chi connectivity index (χ0v) is 35.9. The Morgan fingerprint density at radius 1 is 0.328 bits per heavy atom.